The molecule has 0 aliphatic carbocycles. The smallest absolute Gasteiger partial charge is 0.293 e. The molecule has 1 N–H and O–H groups in total. The molecule has 2 aromatic carbocycles. The molecule has 1 fully saturated rings. The van der Waals surface area contributed by atoms with E-state index in [0.29, 0.717) is 27.0 Å². The van der Waals surface area contributed by atoms with Gasteiger partial charge in [-0.1, -0.05) is 23.7 Å². The molecule has 0 saturated carbocycles. The van der Waals surface area contributed by atoms with Crippen LogP contribution in [-0.4, -0.2) is 27.9 Å². The number of phenols is 1. The van der Waals surface area contributed by atoms with Crippen molar-refractivity contribution in [2.45, 2.75) is 6.54 Å². The number of halogens is 1. The Morgan fingerprint density at radius 3 is 2.58 bits per heavy atom. The number of aromatic hydroxyl groups is 1. The molecule has 0 atom stereocenters. The summed E-state index contributed by atoms with van der Waals surface area (Å²) in [6.07, 6.45) is 1.62. The molecule has 6 nitrogen and oxygen atoms in total. The van der Waals surface area contributed by atoms with Crippen molar-refractivity contribution in [3.8, 4) is 17.2 Å². The predicted molar refractivity (Wildman–Crippen MR) is 97.2 cm³/mol. The third-order valence-corrected chi connectivity index (χ3v) is 5.19. The number of hydrogen-bond acceptors (Lipinski definition) is 6. The van der Waals surface area contributed by atoms with Gasteiger partial charge in [-0.05, 0) is 47.2 Å². The number of thioether (sulfide) groups is 1. The third-order valence-electron chi connectivity index (χ3n) is 3.93. The fourth-order valence-corrected chi connectivity index (χ4v) is 3.66. The summed E-state index contributed by atoms with van der Waals surface area (Å²) in [6, 6.07) is 9.66. The normalized spacial score (nSPS) is 17.4. The number of hydrogen-bond donors (Lipinski definition) is 1. The lowest BCUT2D eigenvalue weighted by Crippen LogP contribution is -2.27. The first-order valence-electron chi connectivity index (χ1n) is 7.64. The van der Waals surface area contributed by atoms with E-state index in [-0.39, 0.29) is 30.2 Å². The van der Waals surface area contributed by atoms with Crippen LogP contribution in [0.3, 0.4) is 0 Å². The summed E-state index contributed by atoms with van der Waals surface area (Å²) in [5.41, 5.74) is 1.32. The van der Waals surface area contributed by atoms with E-state index in [2.05, 4.69) is 0 Å². The first-order valence-corrected chi connectivity index (χ1v) is 8.83. The maximum absolute atomic E-state index is 12.6. The zero-order chi connectivity index (χ0) is 18.3. The zero-order valence-electron chi connectivity index (χ0n) is 13.3. The van der Waals surface area contributed by atoms with Gasteiger partial charge < -0.3 is 14.6 Å². The molecule has 26 heavy (non-hydrogen) atoms. The monoisotopic (exact) mass is 389 g/mol. The molecule has 1 saturated heterocycles. The largest absolute Gasteiger partial charge is 0.508 e. The molecule has 2 heterocycles. The Bertz CT molecular complexity index is 941. The van der Waals surface area contributed by atoms with E-state index in [1.807, 2.05) is 0 Å². The molecule has 2 aliphatic heterocycles. The highest BCUT2D eigenvalue weighted by atomic mass is 35.5. The van der Waals surface area contributed by atoms with Crippen LogP contribution in [0.4, 0.5) is 4.79 Å². The summed E-state index contributed by atoms with van der Waals surface area (Å²) in [4.78, 5) is 26.3. The van der Waals surface area contributed by atoms with Crippen LogP contribution in [-0.2, 0) is 11.3 Å². The van der Waals surface area contributed by atoms with Crippen LogP contribution < -0.4 is 9.47 Å². The van der Waals surface area contributed by atoms with Crippen molar-refractivity contribution < 1.29 is 24.2 Å². The van der Waals surface area contributed by atoms with Gasteiger partial charge >= 0.3 is 0 Å². The number of imide groups is 1. The maximum atomic E-state index is 12.6. The fraction of sp³-hybridized carbons (Fsp3) is 0.111. The highest BCUT2D eigenvalue weighted by Crippen LogP contribution is 2.39. The number of fused-ring (bicyclic) bond motifs is 1. The summed E-state index contributed by atoms with van der Waals surface area (Å²) in [7, 11) is 0. The molecule has 0 aromatic heterocycles. The van der Waals surface area contributed by atoms with Crippen molar-refractivity contribution >= 4 is 40.6 Å². The first-order chi connectivity index (χ1) is 12.5. The average Bonchev–Trinajstić information content (AvgIpc) is 3.16. The quantitative estimate of drug-likeness (QED) is 0.799. The topological polar surface area (TPSA) is 76.1 Å². The Labute approximate surface area is 158 Å². The molecule has 2 aromatic rings. The molecule has 0 spiro atoms. The van der Waals surface area contributed by atoms with Crippen molar-refractivity contribution in [3.63, 3.8) is 0 Å². The Hall–Kier alpha value is -2.64. The van der Waals surface area contributed by atoms with Crippen molar-refractivity contribution in [3.05, 3.63) is 57.5 Å². The second-order valence-corrected chi connectivity index (χ2v) is 7.06. The molecule has 132 valence electrons. The minimum absolute atomic E-state index is 0.0487. The minimum atomic E-state index is -0.387. The Kier molecular flexibility index (Phi) is 4.26. The van der Waals surface area contributed by atoms with Crippen LogP contribution in [0.2, 0.25) is 5.02 Å². The summed E-state index contributed by atoms with van der Waals surface area (Å²) < 4.78 is 10.6. The molecule has 2 amide bonds. The van der Waals surface area contributed by atoms with Gasteiger partial charge in [-0.15, -0.1) is 0 Å². The van der Waals surface area contributed by atoms with Crippen LogP contribution >= 0.6 is 23.4 Å². The fourth-order valence-electron chi connectivity index (χ4n) is 2.61. The Balaban J connectivity index is 1.57. The number of benzene rings is 2. The van der Waals surface area contributed by atoms with E-state index in [9.17, 15) is 14.7 Å². The second kappa shape index (κ2) is 6.59. The Morgan fingerprint density at radius 2 is 1.85 bits per heavy atom. The van der Waals surface area contributed by atoms with Crippen LogP contribution in [0.25, 0.3) is 6.08 Å². The summed E-state index contributed by atoms with van der Waals surface area (Å²) in [6.45, 7) is 0.166. The summed E-state index contributed by atoms with van der Waals surface area (Å²) >= 11 is 7.10. The van der Waals surface area contributed by atoms with Gasteiger partial charge in [0, 0.05) is 11.1 Å². The molecule has 4 rings (SSSR count). The molecule has 8 heteroatoms. The Morgan fingerprint density at radius 1 is 1.15 bits per heavy atom. The molecular formula is C18H12ClNO5S. The van der Waals surface area contributed by atoms with Gasteiger partial charge in [-0.2, -0.15) is 0 Å². The standard InChI is InChI=1S/C18H12ClNO5S/c19-13-7-15-14(24-9-25-15)6-11(13)8-20-17(22)16(26-18(20)23)5-10-1-3-12(21)4-2-10/h1-7,21H,8-9H2/b16-5-. The lowest BCUT2D eigenvalue weighted by Gasteiger charge is -2.14. The van der Waals surface area contributed by atoms with Gasteiger partial charge in [0.15, 0.2) is 11.5 Å². The molecular weight excluding hydrogens is 378 g/mol. The molecule has 0 bridgehead atoms. The first kappa shape index (κ1) is 16.8. The van der Waals surface area contributed by atoms with Crippen molar-refractivity contribution in [2.75, 3.05) is 6.79 Å². The SMILES string of the molecule is O=C1S/C(=C\c2ccc(O)cc2)C(=O)N1Cc1cc2c(cc1Cl)OCO2. The van der Waals surface area contributed by atoms with E-state index < -0.39 is 0 Å². The third kappa shape index (κ3) is 3.11. The molecule has 0 unspecified atom stereocenters. The second-order valence-electron chi connectivity index (χ2n) is 5.66. The number of phenolic OH excluding ortho intramolecular Hbond substituents is 1. The van der Waals surface area contributed by atoms with Gasteiger partial charge in [-0.3, -0.25) is 14.5 Å². The van der Waals surface area contributed by atoms with Gasteiger partial charge in [-0.25, -0.2) is 0 Å². The van der Waals surface area contributed by atoms with Gasteiger partial charge in [0.25, 0.3) is 11.1 Å². The average molecular weight is 390 g/mol. The van der Waals surface area contributed by atoms with Gasteiger partial charge in [0.1, 0.15) is 5.75 Å². The number of carbonyl (C=O) groups is 2. The number of amides is 2. The number of ether oxygens (including phenoxy) is 2. The van der Waals surface area contributed by atoms with E-state index in [1.54, 1.807) is 30.3 Å². The number of carbonyl (C=O) groups excluding carboxylic acids is 2. The summed E-state index contributed by atoms with van der Waals surface area (Å²) in [5.74, 6) is 0.825. The molecule has 0 radical (unpaired) electrons. The number of nitrogens with zero attached hydrogens (tertiary/aromatic N) is 1. The van der Waals surface area contributed by atoms with Crippen molar-refractivity contribution in [2.24, 2.45) is 0 Å². The van der Waals surface area contributed by atoms with Crippen molar-refractivity contribution in [1.29, 1.82) is 0 Å². The highest BCUT2D eigenvalue weighted by molar-refractivity contribution is 8.18. The van der Waals surface area contributed by atoms with Crippen LogP contribution in [0.15, 0.2) is 41.3 Å². The van der Waals surface area contributed by atoms with Crippen LogP contribution in [0.5, 0.6) is 17.2 Å². The molecule has 2 aliphatic rings. The summed E-state index contributed by atoms with van der Waals surface area (Å²) in [5, 5.41) is 9.36. The van der Waals surface area contributed by atoms with Crippen LogP contribution in [0.1, 0.15) is 11.1 Å². The lowest BCUT2D eigenvalue weighted by molar-refractivity contribution is -0.123. The van der Waals surface area contributed by atoms with Gasteiger partial charge in [0.05, 0.1) is 11.4 Å². The highest BCUT2D eigenvalue weighted by Gasteiger charge is 2.35. The van der Waals surface area contributed by atoms with Gasteiger partial charge in [0.2, 0.25) is 6.79 Å². The van der Waals surface area contributed by atoms with Crippen molar-refractivity contribution in [1.82, 2.24) is 4.90 Å². The maximum Gasteiger partial charge on any atom is 0.293 e. The van der Waals surface area contributed by atoms with Crippen LogP contribution in [0, 0.1) is 0 Å². The van der Waals surface area contributed by atoms with E-state index in [1.165, 1.54) is 12.1 Å². The lowest BCUT2D eigenvalue weighted by atomic mass is 10.1. The predicted octanol–water partition coefficient (Wildman–Crippen LogP) is 4.01. The van der Waals surface area contributed by atoms with E-state index in [0.717, 1.165) is 22.2 Å². The van der Waals surface area contributed by atoms with E-state index >= 15 is 0 Å². The zero-order valence-corrected chi connectivity index (χ0v) is 14.8. The van der Waals surface area contributed by atoms with E-state index in [4.69, 9.17) is 21.1 Å². The minimum Gasteiger partial charge on any atom is -0.508 e. The number of rotatable bonds is 3.